The first kappa shape index (κ1) is 12.0. The third-order valence-corrected chi connectivity index (χ3v) is 3.25. The van der Waals surface area contributed by atoms with Crippen molar-refractivity contribution in [2.45, 2.75) is 32.6 Å². The minimum absolute atomic E-state index is 0.612. The molecule has 1 nitrogen and oxygen atoms in total. The average Bonchev–Trinajstić information content (AvgIpc) is 2.38. The predicted octanol–water partition coefficient (Wildman–Crippen LogP) is 4.46. The lowest BCUT2D eigenvalue weighted by atomic mass is 9.89. The number of hydrogen-bond donors (Lipinski definition) is 0. The van der Waals surface area contributed by atoms with Gasteiger partial charge in [0.15, 0.2) is 0 Å². The molecule has 0 aromatic rings. The molecular formula is C16H20O. The minimum Gasteiger partial charge on any atom is -0.494 e. The second-order valence-electron chi connectivity index (χ2n) is 4.53. The topological polar surface area (TPSA) is 9.23 Å². The van der Waals surface area contributed by atoms with Crippen LogP contribution in [-0.4, -0.2) is 6.61 Å². The highest BCUT2D eigenvalue weighted by Gasteiger charge is 2.14. The summed E-state index contributed by atoms with van der Waals surface area (Å²) in [6, 6.07) is 0. The molecule has 1 heteroatoms. The van der Waals surface area contributed by atoms with E-state index in [1.54, 1.807) is 6.08 Å². The summed E-state index contributed by atoms with van der Waals surface area (Å²) in [4.78, 5) is 0. The lowest BCUT2D eigenvalue weighted by Gasteiger charge is -2.21. The highest BCUT2D eigenvalue weighted by molar-refractivity contribution is 5.43. The molecule has 0 heterocycles. The molecule has 2 aliphatic carbocycles. The second kappa shape index (κ2) is 5.72. The molecule has 2 aliphatic rings. The third kappa shape index (κ3) is 3.00. The molecule has 0 amide bonds. The largest absolute Gasteiger partial charge is 0.494 e. The van der Waals surface area contributed by atoms with Crippen LogP contribution in [0.2, 0.25) is 0 Å². The van der Waals surface area contributed by atoms with Crippen molar-refractivity contribution >= 4 is 0 Å². The monoisotopic (exact) mass is 228 g/mol. The van der Waals surface area contributed by atoms with Crippen molar-refractivity contribution in [2.75, 3.05) is 6.61 Å². The van der Waals surface area contributed by atoms with Gasteiger partial charge in [-0.1, -0.05) is 37.0 Å². The molecule has 0 spiro atoms. The van der Waals surface area contributed by atoms with Gasteiger partial charge in [0.05, 0.1) is 5.76 Å². The van der Waals surface area contributed by atoms with E-state index in [0.717, 1.165) is 18.6 Å². The van der Waals surface area contributed by atoms with E-state index in [2.05, 4.69) is 37.8 Å². The first-order valence-electron chi connectivity index (χ1n) is 6.31. The van der Waals surface area contributed by atoms with Gasteiger partial charge in [-0.05, 0) is 42.9 Å². The smallest absolute Gasteiger partial charge is 0.106 e. The van der Waals surface area contributed by atoms with Crippen LogP contribution in [0.3, 0.4) is 0 Å². The highest BCUT2D eigenvalue weighted by atomic mass is 16.5. The molecule has 0 fully saturated rings. The Morgan fingerprint density at radius 2 is 2.18 bits per heavy atom. The molecular weight excluding hydrogens is 208 g/mol. The lowest BCUT2D eigenvalue weighted by Crippen LogP contribution is -2.04. The molecule has 0 unspecified atom stereocenters. The summed E-state index contributed by atoms with van der Waals surface area (Å²) in [5, 5.41) is 0. The summed E-state index contributed by atoms with van der Waals surface area (Å²) in [7, 11) is 0. The standard InChI is InChI=1S/C16H20O/c1-3-11-17-16-10-9-15(12-13(16)2)14-7-5-4-6-8-14/h3-5,7,12H,1,6,8-11H2,2H3. The second-order valence-corrected chi connectivity index (χ2v) is 4.53. The van der Waals surface area contributed by atoms with E-state index in [4.69, 9.17) is 4.74 Å². The molecule has 0 N–H and O–H groups in total. The fourth-order valence-electron chi connectivity index (χ4n) is 2.33. The summed E-state index contributed by atoms with van der Waals surface area (Å²) in [6.45, 7) is 6.43. The van der Waals surface area contributed by atoms with Crippen LogP contribution in [-0.2, 0) is 4.74 Å². The Morgan fingerprint density at radius 3 is 2.82 bits per heavy atom. The number of hydrogen-bond acceptors (Lipinski definition) is 1. The molecule has 0 radical (unpaired) electrons. The fraction of sp³-hybridized carbons (Fsp3) is 0.375. The summed E-state index contributed by atoms with van der Waals surface area (Å²) >= 11 is 0. The van der Waals surface area contributed by atoms with E-state index in [1.807, 2.05) is 0 Å². The zero-order valence-electron chi connectivity index (χ0n) is 10.5. The SMILES string of the molecule is C=CCOC1=C(C)C=C(C2=CC=CCC2)CC1. The molecule has 0 aromatic heterocycles. The Kier molecular flexibility index (Phi) is 4.03. The van der Waals surface area contributed by atoms with Crippen molar-refractivity contribution in [3.63, 3.8) is 0 Å². The van der Waals surface area contributed by atoms with Crippen molar-refractivity contribution in [1.29, 1.82) is 0 Å². The van der Waals surface area contributed by atoms with Gasteiger partial charge in [-0.25, -0.2) is 0 Å². The van der Waals surface area contributed by atoms with E-state index in [9.17, 15) is 0 Å². The van der Waals surface area contributed by atoms with Gasteiger partial charge in [0.25, 0.3) is 0 Å². The van der Waals surface area contributed by atoms with E-state index < -0.39 is 0 Å². The van der Waals surface area contributed by atoms with Crippen LogP contribution in [0.4, 0.5) is 0 Å². The van der Waals surface area contributed by atoms with Gasteiger partial charge in [-0.2, -0.15) is 0 Å². The van der Waals surface area contributed by atoms with E-state index >= 15 is 0 Å². The van der Waals surface area contributed by atoms with Crippen LogP contribution in [0, 0.1) is 0 Å². The summed E-state index contributed by atoms with van der Waals surface area (Å²) < 4.78 is 5.66. The maximum absolute atomic E-state index is 5.66. The molecule has 0 aliphatic heterocycles. The zero-order valence-corrected chi connectivity index (χ0v) is 10.5. The molecule has 0 atom stereocenters. The average molecular weight is 228 g/mol. The van der Waals surface area contributed by atoms with E-state index in [-0.39, 0.29) is 0 Å². The van der Waals surface area contributed by atoms with Gasteiger partial charge in [-0.15, -0.1) is 0 Å². The van der Waals surface area contributed by atoms with Crippen LogP contribution < -0.4 is 0 Å². The molecule has 90 valence electrons. The van der Waals surface area contributed by atoms with Gasteiger partial charge in [0.1, 0.15) is 6.61 Å². The minimum atomic E-state index is 0.612. The molecule has 0 aromatic carbocycles. The molecule has 0 saturated heterocycles. The fourth-order valence-corrected chi connectivity index (χ4v) is 2.33. The van der Waals surface area contributed by atoms with Crippen molar-refractivity contribution in [3.05, 3.63) is 59.4 Å². The maximum atomic E-state index is 5.66. The van der Waals surface area contributed by atoms with Crippen LogP contribution in [0.25, 0.3) is 0 Å². The molecule has 0 saturated carbocycles. The Morgan fingerprint density at radius 1 is 1.29 bits per heavy atom. The van der Waals surface area contributed by atoms with Crippen LogP contribution in [0.15, 0.2) is 59.4 Å². The van der Waals surface area contributed by atoms with Crippen LogP contribution in [0.1, 0.15) is 32.6 Å². The van der Waals surface area contributed by atoms with Crippen LogP contribution >= 0.6 is 0 Å². The van der Waals surface area contributed by atoms with Crippen molar-refractivity contribution < 1.29 is 4.74 Å². The Balaban J connectivity index is 2.12. The zero-order chi connectivity index (χ0) is 12.1. The Labute approximate surface area is 104 Å². The van der Waals surface area contributed by atoms with Gasteiger partial charge in [-0.3, -0.25) is 0 Å². The van der Waals surface area contributed by atoms with E-state index in [0.29, 0.717) is 6.61 Å². The molecule has 2 rings (SSSR count). The number of rotatable bonds is 4. The Hall–Kier alpha value is -1.50. The summed E-state index contributed by atoms with van der Waals surface area (Å²) in [5.74, 6) is 1.13. The van der Waals surface area contributed by atoms with Crippen molar-refractivity contribution in [1.82, 2.24) is 0 Å². The molecule has 0 bridgehead atoms. The summed E-state index contributed by atoms with van der Waals surface area (Å²) in [5.41, 5.74) is 4.25. The first-order chi connectivity index (χ1) is 8.31. The van der Waals surface area contributed by atoms with Gasteiger partial charge >= 0.3 is 0 Å². The van der Waals surface area contributed by atoms with Crippen molar-refractivity contribution in [2.24, 2.45) is 0 Å². The van der Waals surface area contributed by atoms with E-state index in [1.165, 1.54) is 29.6 Å². The Bertz CT molecular complexity index is 419. The maximum Gasteiger partial charge on any atom is 0.106 e. The quantitative estimate of drug-likeness (QED) is 0.645. The highest BCUT2D eigenvalue weighted by Crippen LogP contribution is 2.31. The van der Waals surface area contributed by atoms with Gasteiger partial charge in [0, 0.05) is 6.42 Å². The van der Waals surface area contributed by atoms with Gasteiger partial charge in [0.2, 0.25) is 0 Å². The van der Waals surface area contributed by atoms with Crippen molar-refractivity contribution in [3.8, 4) is 0 Å². The number of ether oxygens (including phenoxy) is 1. The first-order valence-corrected chi connectivity index (χ1v) is 6.31. The molecule has 17 heavy (non-hydrogen) atoms. The normalized spacial score (nSPS) is 19.8. The summed E-state index contributed by atoms with van der Waals surface area (Å²) in [6.07, 6.45) is 15.2. The lowest BCUT2D eigenvalue weighted by molar-refractivity contribution is 0.231. The predicted molar refractivity (Wildman–Crippen MR) is 72.6 cm³/mol. The third-order valence-electron chi connectivity index (χ3n) is 3.25. The number of allylic oxidation sites excluding steroid dienone is 8. The van der Waals surface area contributed by atoms with Gasteiger partial charge < -0.3 is 4.74 Å². The van der Waals surface area contributed by atoms with Crippen LogP contribution in [0.5, 0.6) is 0 Å².